The number of ether oxygens (including phenoxy) is 1. The first-order chi connectivity index (χ1) is 7.72. The van der Waals surface area contributed by atoms with E-state index in [1.54, 1.807) is 7.05 Å². The van der Waals surface area contributed by atoms with Gasteiger partial charge >= 0.3 is 6.18 Å². The maximum atomic E-state index is 12.6. The Bertz CT molecular complexity index is 399. The molecule has 5 heteroatoms. The van der Waals surface area contributed by atoms with Gasteiger partial charge in [0.2, 0.25) is 0 Å². The smallest absolute Gasteiger partial charge is 0.419 e. The van der Waals surface area contributed by atoms with Crippen LogP contribution in [0.4, 0.5) is 13.2 Å². The van der Waals surface area contributed by atoms with E-state index in [0.29, 0.717) is 0 Å². The summed E-state index contributed by atoms with van der Waals surface area (Å²) in [5.74, 6) is -0.154. The van der Waals surface area contributed by atoms with E-state index in [1.165, 1.54) is 19.2 Å². The lowest BCUT2D eigenvalue weighted by Crippen LogP contribution is -2.33. The van der Waals surface area contributed by atoms with E-state index < -0.39 is 17.3 Å². The summed E-state index contributed by atoms with van der Waals surface area (Å²) in [6.45, 7) is 3.77. The van der Waals surface area contributed by atoms with E-state index in [9.17, 15) is 13.2 Å². The van der Waals surface area contributed by atoms with E-state index in [2.05, 4.69) is 5.32 Å². The van der Waals surface area contributed by atoms with Crippen LogP contribution in [0.25, 0.3) is 0 Å². The first kappa shape index (κ1) is 13.8. The number of alkyl halides is 3. The Morgan fingerprint density at radius 1 is 1.18 bits per heavy atom. The predicted octanol–water partition coefficient (Wildman–Crippen LogP) is 3.17. The van der Waals surface area contributed by atoms with Crippen LogP contribution in [0.2, 0.25) is 0 Å². The van der Waals surface area contributed by atoms with E-state index in [0.717, 1.165) is 11.6 Å². The van der Waals surface area contributed by atoms with Crippen LogP contribution in [0, 0.1) is 0 Å². The highest BCUT2D eigenvalue weighted by Crippen LogP contribution is 2.38. The third-order valence-corrected chi connectivity index (χ3v) is 2.85. The van der Waals surface area contributed by atoms with Gasteiger partial charge in [0, 0.05) is 5.54 Å². The van der Waals surface area contributed by atoms with Crippen molar-refractivity contribution in [3.05, 3.63) is 29.3 Å². The second kappa shape index (κ2) is 4.56. The molecule has 1 rings (SSSR count). The average Bonchev–Trinajstić information content (AvgIpc) is 2.27. The molecule has 0 atom stereocenters. The molecule has 2 nitrogen and oxygen atoms in total. The molecule has 96 valence electrons. The van der Waals surface area contributed by atoms with Crippen molar-refractivity contribution in [2.24, 2.45) is 0 Å². The van der Waals surface area contributed by atoms with Crippen molar-refractivity contribution in [3.63, 3.8) is 0 Å². The molecule has 0 spiro atoms. The van der Waals surface area contributed by atoms with Crippen molar-refractivity contribution in [3.8, 4) is 5.75 Å². The molecule has 1 aromatic rings. The Labute approximate surface area is 98.8 Å². The summed E-state index contributed by atoms with van der Waals surface area (Å²) in [7, 11) is 2.99. The third-order valence-electron chi connectivity index (χ3n) is 2.85. The van der Waals surface area contributed by atoms with E-state index in [1.807, 2.05) is 13.8 Å². The van der Waals surface area contributed by atoms with Crippen LogP contribution >= 0.6 is 0 Å². The number of methoxy groups -OCH3 is 1. The van der Waals surface area contributed by atoms with Crippen LogP contribution in [-0.2, 0) is 11.7 Å². The Hall–Kier alpha value is -1.23. The Balaban J connectivity index is 3.27. The maximum absolute atomic E-state index is 12.6. The molecule has 0 heterocycles. The van der Waals surface area contributed by atoms with Crippen LogP contribution in [0.3, 0.4) is 0 Å². The molecule has 0 aliphatic carbocycles. The molecule has 0 fully saturated rings. The summed E-state index contributed by atoms with van der Waals surface area (Å²) in [6, 6.07) is 3.93. The van der Waals surface area contributed by atoms with Crippen molar-refractivity contribution in [1.29, 1.82) is 0 Å². The lowest BCUT2D eigenvalue weighted by Gasteiger charge is -2.26. The summed E-state index contributed by atoms with van der Waals surface area (Å²) in [6.07, 6.45) is -4.40. The highest BCUT2D eigenvalue weighted by atomic mass is 19.4. The van der Waals surface area contributed by atoms with E-state index in [-0.39, 0.29) is 5.75 Å². The molecule has 0 aliphatic heterocycles. The first-order valence-corrected chi connectivity index (χ1v) is 5.17. The van der Waals surface area contributed by atoms with Gasteiger partial charge < -0.3 is 10.1 Å². The molecular weight excluding hydrogens is 231 g/mol. The largest absolute Gasteiger partial charge is 0.496 e. The molecule has 0 saturated carbocycles. The lowest BCUT2D eigenvalue weighted by molar-refractivity contribution is -0.138. The zero-order chi connectivity index (χ0) is 13.3. The van der Waals surface area contributed by atoms with Gasteiger partial charge in [-0.2, -0.15) is 13.2 Å². The molecule has 0 radical (unpaired) electrons. The second-order valence-electron chi connectivity index (χ2n) is 4.29. The molecule has 1 aromatic carbocycles. The lowest BCUT2D eigenvalue weighted by atomic mass is 9.93. The van der Waals surface area contributed by atoms with Gasteiger partial charge in [-0.15, -0.1) is 0 Å². The summed E-state index contributed by atoms with van der Waals surface area (Å²) in [5.41, 5.74) is -0.419. The van der Waals surface area contributed by atoms with E-state index >= 15 is 0 Å². The zero-order valence-electron chi connectivity index (χ0n) is 10.3. The number of nitrogens with one attached hydrogen (secondary N) is 1. The minimum atomic E-state index is -4.40. The van der Waals surface area contributed by atoms with Gasteiger partial charge in [0.25, 0.3) is 0 Å². The van der Waals surface area contributed by atoms with Crippen LogP contribution in [0.5, 0.6) is 5.75 Å². The highest BCUT2D eigenvalue weighted by Gasteiger charge is 2.35. The topological polar surface area (TPSA) is 21.3 Å². The Kier molecular flexibility index (Phi) is 3.71. The van der Waals surface area contributed by atoms with Crippen LogP contribution in [0.1, 0.15) is 25.0 Å². The molecule has 0 amide bonds. The molecule has 0 unspecified atom stereocenters. The number of rotatable bonds is 3. The van der Waals surface area contributed by atoms with Crippen LogP contribution in [0.15, 0.2) is 18.2 Å². The standard InChI is InChI=1S/C12H16F3NO/c1-11(2,16-3)8-5-6-9(12(13,14)15)10(7-8)17-4/h5-7,16H,1-4H3. The fourth-order valence-corrected chi connectivity index (χ4v) is 1.46. The van der Waals surface area contributed by atoms with Crippen molar-refractivity contribution < 1.29 is 17.9 Å². The van der Waals surface area contributed by atoms with E-state index in [4.69, 9.17) is 4.74 Å². The summed E-state index contributed by atoms with van der Waals surface area (Å²) < 4.78 is 42.8. The molecular formula is C12H16F3NO. The number of hydrogen-bond donors (Lipinski definition) is 1. The minimum Gasteiger partial charge on any atom is -0.496 e. The quantitative estimate of drug-likeness (QED) is 0.885. The molecule has 0 bridgehead atoms. The number of halogens is 3. The van der Waals surface area contributed by atoms with Crippen LogP contribution < -0.4 is 10.1 Å². The van der Waals surface area contributed by atoms with Crippen molar-refractivity contribution in [1.82, 2.24) is 5.32 Å². The number of hydrogen-bond acceptors (Lipinski definition) is 2. The fraction of sp³-hybridized carbons (Fsp3) is 0.500. The summed E-state index contributed by atoms with van der Waals surface area (Å²) >= 11 is 0. The normalized spacial score (nSPS) is 12.6. The zero-order valence-corrected chi connectivity index (χ0v) is 10.3. The molecule has 17 heavy (non-hydrogen) atoms. The monoisotopic (exact) mass is 247 g/mol. The van der Waals surface area contributed by atoms with Gasteiger partial charge in [0.05, 0.1) is 12.7 Å². The van der Waals surface area contributed by atoms with Gasteiger partial charge in [-0.05, 0) is 38.6 Å². The molecule has 1 N–H and O–H groups in total. The number of benzene rings is 1. The maximum Gasteiger partial charge on any atom is 0.419 e. The third kappa shape index (κ3) is 2.91. The Morgan fingerprint density at radius 2 is 1.76 bits per heavy atom. The van der Waals surface area contributed by atoms with Crippen molar-refractivity contribution in [2.45, 2.75) is 25.6 Å². The van der Waals surface area contributed by atoms with Crippen LogP contribution in [-0.4, -0.2) is 14.2 Å². The first-order valence-electron chi connectivity index (χ1n) is 5.17. The van der Waals surface area contributed by atoms with Gasteiger partial charge in [-0.25, -0.2) is 0 Å². The van der Waals surface area contributed by atoms with Gasteiger partial charge in [0.15, 0.2) is 0 Å². The second-order valence-corrected chi connectivity index (χ2v) is 4.29. The summed E-state index contributed by atoms with van der Waals surface area (Å²) in [4.78, 5) is 0. The van der Waals surface area contributed by atoms with Gasteiger partial charge in [-0.1, -0.05) is 6.07 Å². The molecule has 0 saturated heterocycles. The minimum absolute atomic E-state index is 0.154. The Morgan fingerprint density at radius 3 is 2.18 bits per heavy atom. The molecule has 0 aliphatic rings. The predicted molar refractivity (Wildman–Crippen MR) is 60.1 cm³/mol. The van der Waals surface area contributed by atoms with Crippen molar-refractivity contribution >= 4 is 0 Å². The SMILES string of the molecule is CNC(C)(C)c1ccc(C(F)(F)F)c(OC)c1. The molecule has 0 aromatic heterocycles. The average molecular weight is 247 g/mol. The van der Waals surface area contributed by atoms with Crippen molar-refractivity contribution in [2.75, 3.05) is 14.2 Å². The van der Waals surface area contributed by atoms with Gasteiger partial charge in [0.1, 0.15) is 5.75 Å². The summed E-state index contributed by atoms with van der Waals surface area (Å²) in [5, 5.41) is 3.03. The fourth-order valence-electron chi connectivity index (χ4n) is 1.46. The van der Waals surface area contributed by atoms with Gasteiger partial charge in [-0.3, -0.25) is 0 Å². The highest BCUT2D eigenvalue weighted by molar-refractivity contribution is 5.41.